The Morgan fingerprint density at radius 1 is 1.22 bits per heavy atom. The number of aromatic amines is 1. The zero-order valence-corrected chi connectivity index (χ0v) is 16.0. The van der Waals surface area contributed by atoms with Crippen LogP contribution in [0.4, 0.5) is 5.82 Å². The predicted molar refractivity (Wildman–Crippen MR) is 110 cm³/mol. The summed E-state index contributed by atoms with van der Waals surface area (Å²) < 4.78 is 2.58. The quantitative estimate of drug-likeness (QED) is 0.528. The predicted octanol–water partition coefficient (Wildman–Crippen LogP) is 4.26. The smallest absolute Gasteiger partial charge is 0.282 e. The van der Waals surface area contributed by atoms with Crippen LogP contribution in [0.3, 0.4) is 0 Å². The molecule has 136 valence electrons. The molecule has 0 spiro atoms. The van der Waals surface area contributed by atoms with E-state index < -0.39 is 0 Å². The molecule has 0 amide bonds. The number of benzene rings is 1. The number of hydrogen-bond donors (Lipinski definition) is 1. The fourth-order valence-electron chi connectivity index (χ4n) is 3.02. The Hall–Kier alpha value is -3.06. The van der Waals surface area contributed by atoms with Crippen LogP contribution in [0.1, 0.15) is 31.5 Å². The highest BCUT2D eigenvalue weighted by Crippen LogP contribution is 2.24. The fourth-order valence-corrected chi connectivity index (χ4v) is 3.95. The molecular weight excluding hydrogens is 358 g/mol. The van der Waals surface area contributed by atoms with E-state index in [1.165, 1.54) is 16.0 Å². The summed E-state index contributed by atoms with van der Waals surface area (Å²) in [6.07, 6.45) is 3.37. The number of H-pyrrole nitrogens is 1. The molecule has 0 unspecified atom stereocenters. The average Bonchev–Trinajstić information content (AvgIpc) is 3.23. The normalized spacial score (nSPS) is 12.0. The van der Waals surface area contributed by atoms with Crippen LogP contribution in [0.5, 0.6) is 0 Å². The van der Waals surface area contributed by atoms with Crippen LogP contribution in [-0.2, 0) is 6.42 Å². The van der Waals surface area contributed by atoms with Crippen molar-refractivity contribution in [2.24, 2.45) is 4.99 Å². The third kappa shape index (κ3) is 3.33. The lowest BCUT2D eigenvalue weighted by Gasteiger charge is -2.00. The second-order valence-corrected chi connectivity index (χ2v) is 7.21. The van der Waals surface area contributed by atoms with Gasteiger partial charge >= 0.3 is 0 Å². The first-order chi connectivity index (χ1) is 13.2. The zero-order chi connectivity index (χ0) is 18.8. The molecule has 0 aliphatic carbocycles. The van der Waals surface area contributed by atoms with Crippen LogP contribution >= 0.6 is 11.3 Å². The summed E-state index contributed by atoms with van der Waals surface area (Å²) in [6, 6.07) is 13.4. The summed E-state index contributed by atoms with van der Waals surface area (Å²) >= 11 is 1.49. The van der Waals surface area contributed by atoms with Crippen LogP contribution in [0.2, 0.25) is 0 Å². The lowest BCUT2D eigenvalue weighted by molar-refractivity contribution is 0.790. The van der Waals surface area contributed by atoms with Crippen molar-refractivity contribution in [1.82, 2.24) is 19.7 Å². The second-order valence-electron chi connectivity index (χ2n) is 6.21. The third-order valence-electron chi connectivity index (χ3n) is 4.23. The number of nitrogens with zero attached hydrogens (tertiary/aromatic N) is 4. The van der Waals surface area contributed by atoms with Gasteiger partial charge in [-0.2, -0.15) is 4.68 Å². The molecule has 3 aromatic heterocycles. The monoisotopic (exact) mass is 377 g/mol. The van der Waals surface area contributed by atoms with Crippen molar-refractivity contribution in [3.63, 3.8) is 0 Å². The van der Waals surface area contributed by atoms with E-state index in [2.05, 4.69) is 27.0 Å². The molecule has 0 saturated heterocycles. The summed E-state index contributed by atoms with van der Waals surface area (Å²) in [6.45, 7) is 3.93. The minimum absolute atomic E-state index is 0.130. The fraction of sp³-hybridized carbons (Fsp3) is 0.200. The Morgan fingerprint density at radius 3 is 2.78 bits per heavy atom. The van der Waals surface area contributed by atoms with Gasteiger partial charge < -0.3 is 0 Å². The number of rotatable bonds is 5. The first-order valence-corrected chi connectivity index (χ1v) is 9.65. The number of fused-ring (bicyclic) bond motifs is 1. The van der Waals surface area contributed by atoms with Gasteiger partial charge in [-0.15, -0.1) is 0 Å². The number of para-hydroxylation sites is 1. The molecule has 6 nitrogen and oxygen atoms in total. The van der Waals surface area contributed by atoms with E-state index in [0.29, 0.717) is 22.2 Å². The van der Waals surface area contributed by atoms with Gasteiger partial charge in [0.1, 0.15) is 0 Å². The summed E-state index contributed by atoms with van der Waals surface area (Å²) in [5.74, 6) is 0.588. The van der Waals surface area contributed by atoms with E-state index in [9.17, 15) is 4.79 Å². The number of aryl methyl sites for hydroxylation is 1. The van der Waals surface area contributed by atoms with E-state index in [0.717, 1.165) is 28.8 Å². The van der Waals surface area contributed by atoms with Gasteiger partial charge in [0, 0.05) is 11.9 Å². The molecule has 0 atom stereocenters. The Labute approximate surface area is 160 Å². The molecule has 1 aromatic carbocycles. The van der Waals surface area contributed by atoms with Gasteiger partial charge in [0.2, 0.25) is 5.13 Å². The molecule has 27 heavy (non-hydrogen) atoms. The molecule has 0 saturated carbocycles. The van der Waals surface area contributed by atoms with Gasteiger partial charge in [-0.3, -0.25) is 9.89 Å². The Bertz CT molecular complexity index is 1140. The SMILES string of the molecule is CCCc1[nH]n(-c2nc3ccccc3s2)c(=O)c1/C(C)=N/c1ccccn1. The lowest BCUT2D eigenvalue weighted by atomic mass is 10.1. The van der Waals surface area contributed by atoms with Crippen molar-refractivity contribution >= 4 is 33.1 Å². The molecular formula is C20H19N5OS. The molecule has 3 heterocycles. The van der Waals surface area contributed by atoms with Crippen LogP contribution < -0.4 is 5.56 Å². The Morgan fingerprint density at radius 2 is 2.04 bits per heavy atom. The van der Waals surface area contributed by atoms with E-state index in [-0.39, 0.29) is 5.56 Å². The maximum atomic E-state index is 13.2. The molecule has 0 fully saturated rings. The summed E-state index contributed by atoms with van der Waals surface area (Å²) in [5, 5.41) is 3.88. The molecule has 0 radical (unpaired) electrons. The number of aromatic nitrogens is 4. The molecule has 4 aromatic rings. The molecule has 0 aliphatic rings. The first-order valence-electron chi connectivity index (χ1n) is 8.84. The minimum Gasteiger partial charge on any atom is -0.292 e. The van der Waals surface area contributed by atoms with Crippen molar-refractivity contribution in [1.29, 1.82) is 0 Å². The molecule has 0 bridgehead atoms. The first kappa shape index (κ1) is 17.4. The number of nitrogens with one attached hydrogen (secondary N) is 1. The van der Waals surface area contributed by atoms with Crippen molar-refractivity contribution in [3.05, 3.63) is 70.3 Å². The lowest BCUT2D eigenvalue weighted by Crippen LogP contribution is -2.19. The van der Waals surface area contributed by atoms with Gasteiger partial charge in [-0.05, 0) is 37.6 Å². The Kier molecular flexibility index (Phi) is 4.68. The standard InChI is InChI=1S/C20H19N5OS/c1-3-8-15-18(13(2)22-17-11-6-7-12-21-17)19(26)25(24-15)20-23-14-9-4-5-10-16(14)27-20/h4-7,9-12,24H,3,8H2,1-2H3/b22-13+. The van der Waals surface area contributed by atoms with Crippen LogP contribution in [0.15, 0.2) is 58.4 Å². The van der Waals surface area contributed by atoms with E-state index in [1.54, 1.807) is 6.20 Å². The summed E-state index contributed by atoms with van der Waals surface area (Å²) in [5.41, 5.74) is 2.88. The number of hydrogen-bond acceptors (Lipinski definition) is 5. The molecule has 0 aliphatic heterocycles. The average molecular weight is 377 g/mol. The zero-order valence-electron chi connectivity index (χ0n) is 15.1. The maximum absolute atomic E-state index is 13.2. The van der Waals surface area contributed by atoms with E-state index >= 15 is 0 Å². The van der Waals surface area contributed by atoms with E-state index in [1.807, 2.05) is 49.4 Å². The maximum Gasteiger partial charge on any atom is 0.282 e. The summed E-state index contributed by atoms with van der Waals surface area (Å²) in [7, 11) is 0. The van der Waals surface area contributed by atoms with Gasteiger partial charge in [0.25, 0.3) is 5.56 Å². The highest BCUT2D eigenvalue weighted by atomic mass is 32.1. The van der Waals surface area contributed by atoms with Crippen molar-refractivity contribution in [2.75, 3.05) is 0 Å². The number of pyridine rings is 1. The minimum atomic E-state index is -0.130. The van der Waals surface area contributed by atoms with Gasteiger partial charge in [0.15, 0.2) is 5.82 Å². The third-order valence-corrected chi connectivity index (χ3v) is 5.25. The summed E-state index contributed by atoms with van der Waals surface area (Å²) in [4.78, 5) is 26.5. The highest BCUT2D eigenvalue weighted by molar-refractivity contribution is 7.20. The topological polar surface area (TPSA) is 75.9 Å². The van der Waals surface area contributed by atoms with Crippen LogP contribution in [-0.4, -0.2) is 25.5 Å². The van der Waals surface area contributed by atoms with Gasteiger partial charge in [0.05, 0.1) is 21.5 Å². The van der Waals surface area contributed by atoms with Crippen LogP contribution in [0, 0.1) is 0 Å². The van der Waals surface area contributed by atoms with Crippen molar-refractivity contribution in [2.45, 2.75) is 26.7 Å². The molecule has 1 N–H and O–H groups in total. The van der Waals surface area contributed by atoms with Crippen LogP contribution in [0.25, 0.3) is 15.3 Å². The van der Waals surface area contributed by atoms with Gasteiger partial charge in [-0.1, -0.05) is 42.9 Å². The largest absolute Gasteiger partial charge is 0.292 e. The van der Waals surface area contributed by atoms with Gasteiger partial charge in [-0.25, -0.2) is 15.0 Å². The number of aliphatic imine (C=N–C) groups is 1. The Balaban J connectivity index is 1.84. The van der Waals surface area contributed by atoms with Crippen molar-refractivity contribution in [3.8, 4) is 5.13 Å². The van der Waals surface area contributed by atoms with Crippen molar-refractivity contribution < 1.29 is 0 Å². The second kappa shape index (κ2) is 7.28. The number of thiazole rings is 1. The highest BCUT2D eigenvalue weighted by Gasteiger charge is 2.19. The molecule has 7 heteroatoms. The molecule has 4 rings (SSSR count). The van der Waals surface area contributed by atoms with E-state index in [4.69, 9.17) is 0 Å².